The highest BCUT2D eigenvalue weighted by Gasteiger charge is 2.19. The molecular weight excluding hydrogens is 379 g/mol. The molecule has 0 saturated carbocycles. The van der Waals surface area contributed by atoms with E-state index in [4.69, 9.17) is 32.7 Å². The molecule has 0 unspecified atom stereocenters. The minimum Gasteiger partial charge on any atom is -0.497 e. The zero-order chi connectivity index (χ0) is 19.3. The second-order valence-corrected chi connectivity index (χ2v) is 6.22. The fourth-order valence-corrected chi connectivity index (χ4v) is 2.54. The van der Waals surface area contributed by atoms with Gasteiger partial charge in [0.15, 0.2) is 0 Å². The lowest BCUT2D eigenvalue weighted by Crippen LogP contribution is -2.35. The lowest BCUT2D eigenvalue weighted by molar-refractivity contribution is -0.116. The van der Waals surface area contributed by atoms with Crippen LogP contribution in [-0.2, 0) is 4.79 Å². The van der Waals surface area contributed by atoms with Gasteiger partial charge in [0.2, 0.25) is 5.91 Å². The Morgan fingerprint density at radius 3 is 2.38 bits per heavy atom. The molecule has 0 atom stereocenters. The van der Waals surface area contributed by atoms with Crippen LogP contribution < -0.4 is 14.8 Å². The topological polar surface area (TPSA) is 67.9 Å². The summed E-state index contributed by atoms with van der Waals surface area (Å²) in [6.07, 6.45) is 0. The normalized spacial score (nSPS) is 10.2. The molecule has 0 aliphatic heterocycles. The molecule has 0 aliphatic rings. The summed E-state index contributed by atoms with van der Waals surface area (Å²) in [7, 11) is 4.51. The Morgan fingerprint density at radius 1 is 1.04 bits per heavy atom. The first kappa shape index (κ1) is 19.9. The van der Waals surface area contributed by atoms with E-state index in [-0.39, 0.29) is 18.4 Å². The third-order valence-corrected chi connectivity index (χ3v) is 4.31. The molecule has 0 heterocycles. The van der Waals surface area contributed by atoms with Crippen molar-refractivity contribution in [1.82, 2.24) is 4.90 Å². The number of hydrogen-bond donors (Lipinski definition) is 1. The number of benzene rings is 2. The molecule has 0 spiro atoms. The molecule has 138 valence electrons. The number of methoxy groups -OCH3 is 2. The Bertz CT molecular complexity index is 827. The largest absolute Gasteiger partial charge is 0.497 e. The molecule has 6 nitrogen and oxygen atoms in total. The second kappa shape index (κ2) is 8.78. The Balaban J connectivity index is 2.06. The van der Waals surface area contributed by atoms with Crippen LogP contribution in [0.15, 0.2) is 36.4 Å². The first-order valence-corrected chi connectivity index (χ1v) is 8.33. The van der Waals surface area contributed by atoms with Gasteiger partial charge in [-0.1, -0.05) is 23.2 Å². The van der Waals surface area contributed by atoms with Gasteiger partial charge in [0.05, 0.1) is 36.4 Å². The van der Waals surface area contributed by atoms with Crippen molar-refractivity contribution in [1.29, 1.82) is 0 Å². The highest BCUT2D eigenvalue weighted by molar-refractivity contribution is 6.42. The average Bonchev–Trinajstić information content (AvgIpc) is 2.63. The fraction of sp³-hybridized carbons (Fsp3) is 0.222. The lowest BCUT2D eigenvalue weighted by Gasteiger charge is -2.18. The number of hydrogen-bond acceptors (Lipinski definition) is 4. The number of nitrogens with zero attached hydrogens (tertiary/aromatic N) is 1. The lowest BCUT2D eigenvalue weighted by atomic mass is 10.1. The van der Waals surface area contributed by atoms with E-state index >= 15 is 0 Å². The van der Waals surface area contributed by atoms with Gasteiger partial charge in [0, 0.05) is 18.8 Å². The van der Waals surface area contributed by atoms with Gasteiger partial charge in [0.1, 0.15) is 11.5 Å². The summed E-state index contributed by atoms with van der Waals surface area (Å²) in [6.45, 7) is -0.145. The number of rotatable bonds is 6. The highest BCUT2D eigenvalue weighted by Crippen LogP contribution is 2.26. The van der Waals surface area contributed by atoms with Crippen molar-refractivity contribution in [2.75, 3.05) is 33.1 Å². The van der Waals surface area contributed by atoms with E-state index in [1.165, 1.54) is 32.2 Å². The van der Waals surface area contributed by atoms with Gasteiger partial charge < -0.3 is 19.7 Å². The van der Waals surface area contributed by atoms with Gasteiger partial charge in [-0.3, -0.25) is 9.59 Å². The Hall–Kier alpha value is -2.44. The van der Waals surface area contributed by atoms with Gasteiger partial charge in [-0.15, -0.1) is 0 Å². The molecule has 2 rings (SSSR count). The smallest absolute Gasteiger partial charge is 0.257 e. The van der Waals surface area contributed by atoms with Crippen LogP contribution >= 0.6 is 23.2 Å². The number of carbonyl (C=O) groups excluding carboxylic acids is 2. The van der Waals surface area contributed by atoms with Crippen LogP contribution in [0, 0.1) is 0 Å². The number of likely N-dealkylation sites (N-methyl/N-ethyl adjacent to an activating group) is 1. The third kappa shape index (κ3) is 4.80. The molecule has 8 heteroatoms. The van der Waals surface area contributed by atoms with Crippen LogP contribution in [0.5, 0.6) is 11.5 Å². The monoisotopic (exact) mass is 396 g/mol. The fourth-order valence-electron chi connectivity index (χ4n) is 2.24. The summed E-state index contributed by atoms with van der Waals surface area (Å²) in [5, 5.41) is 3.39. The molecule has 0 fully saturated rings. The van der Waals surface area contributed by atoms with Crippen LogP contribution in [0.4, 0.5) is 5.69 Å². The molecule has 0 aromatic heterocycles. The van der Waals surface area contributed by atoms with Gasteiger partial charge >= 0.3 is 0 Å². The molecule has 0 radical (unpaired) electrons. The first-order valence-electron chi connectivity index (χ1n) is 7.58. The molecule has 1 N–H and O–H groups in total. The number of anilines is 1. The van der Waals surface area contributed by atoms with E-state index in [1.54, 1.807) is 30.3 Å². The number of amides is 2. The average molecular weight is 397 g/mol. The number of halogens is 2. The van der Waals surface area contributed by atoms with Crippen LogP contribution in [0.2, 0.25) is 10.0 Å². The molecule has 0 saturated heterocycles. The van der Waals surface area contributed by atoms with E-state index < -0.39 is 0 Å². The zero-order valence-electron chi connectivity index (χ0n) is 14.5. The van der Waals surface area contributed by atoms with Gasteiger partial charge in [-0.25, -0.2) is 0 Å². The maximum atomic E-state index is 12.6. The predicted molar refractivity (Wildman–Crippen MR) is 102 cm³/mol. The van der Waals surface area contributed by atoms with E-state index in [0.717, 1.165) is 0 Å². The molecule has 0 aliphatic carbocycles. The summed E-state index contributed by atoms with van der Waals surface area (Å²) in [4.78, 5) is 26.1. The van der Waals surface area contributed by atoms with Crippen molar-refractivity contribution in [3.63, 3.8) is 0 Å². The summed E-state index contributed by atoms with van der Waals surface area (Å²) < 4.78 is 10.3. The van der Waals surface area contributed by atoms with E-state index in [1.807, 2.05) is 0 Å². The number of ether oxygens (including phenoxy) is 2. The van der Waals surface area contributed by atoms with Crippen LogP contribution in [-0.4, -0.2) is 44.5 Å². The van der Waals surface area contributed by atoms with Crippen molar-refractivity contribution in [3.8, 4) is 11.5 Å². The zero-order valence-corrected chi connectivity index (χ0v) is 16.0. The molecule has 2 aromatic rings. The molecule has 26 heavy (non-hydrogen) atoms. The molecule has 2 amide bonds. The van der Waals surface area contributed by atoms with E-state index in [9.17, 15) is 9.59 Å². The Kier molecular flexibility index (Phi) is 6.71. The second-order valence-electron chi connectivity index (χ2n) is 5.40. The molecule has 0 bridgehead atoms. The van der Waals surface area contributed by atoms with Gasteiger partial charge in [-0.05, 0) is 30.3 Å². The van der Waals surface area contributed by atoms with Crippen molar-refractivity contribution in [3.05, 3.63) is 52.0 Å². The quantitative estimate of drug-likeness (QED) is 0.807. The SMILES string of the molecule is COc1ccc(C(=O)N(C)CC(=O)Nc2ccc(Cl)c(Cl)c2)c(OC)c1. The Labute approximate surface area is 161 Å². The first-order chi connectivity index (χ1) is 12.3. The highest BCUT2D eigenvalue weighted by atomic mass is 35.5. The number of nitrogens with one attached hydrogen (secondary N) is 1. The van der Waals surface area contributed by atoms with Crippen LogP contribution in [0.25, 0.3) is 0 Å². The maximum Gasteiger partial charge on any atom is 0.257 e. The minimum absolute atomic E-state index is 0.145. The van der Waals surface area contributed by atoms with Crippen molar-refractivity contribution < 1.29 is 19.1 Å². The number of carbonyl (C=O) groups is 2. The summed E-state index contributed by atoms with van der Waals surface area (Å²) in [5.41, 5.74) is 0.824. The summed E-state index contributed by atoms with van der Waals surface area (Å²) >= 11 is 11.8. The Morgan fingerprint density at radius 2 is 1.77 bits per heavy atom. The standard InChI is InChI=1S/C18H18Cl2N2O4/c1-22(10-17(23)21-11-4-7-14(19)15(20)8-11)18(24)13-6-5-12(25-2)9-16(13)26-3/h4-9H,10H2,1-3H3,(H,21,23). The van der Waals surface area contributed by atoms with E-state index in [0.29, 0.717) is 32.8 Å². The molecule has 2 aromatic carbocycles. The molecular formula is C18H18Cl2N2O4. The van der Waals surface area contributed by atoms with Crippen LogP contribution in [0.3, 0.4) is 0 Å². The van der Waals surface area contributed by atoms with Gasteiger partial charge in [-0.2, -0.15) is 0 Å². The van der Waals surface area contributed by atoms with Crippen molar-refractivity contribution in [2.45, 2.75) is 0 Å². The van der Waals surface area contributed by atoms with Gasteiger partial charge in [0.25, 0.3) is 5.91 Å². The van der Waals surface area contributed by atoms with Crippen LogP contribution in [0.1, 0.15) is 10.4 Å². The third-order valence-electron chi connectivity index (χ3n) is 3.57. The minimum atomic E-state index is -0.369. The van der Waals surface area contributed by atoms with E-state index in [2.05, 4.69) is 5.32 Å². The summed E-state index contributed by atoms with van der Waals surface area (Å²) in [6, 6.07) is 9.59. The maximum absolute atomic E-state index is 12.6. The van der Waals surface area contributed by atoms with Crippen molar-refractivity contribution in [2.24, 2.45) is 0 Å². The summed E-state index contributed by atoms with van der Waals surface area (Å²) in [5.74, 6) is 0.213. The predicted octanol–water partition coefficient (Wildman–Crippen LogP) is 3.72. The van der Waals surface area contributed by atoms with Crippen molar-refractivity contribution >= 4 is 40.7 Å².